The lowest BCUT2D eigenvalue weighted by Crippen LogP contribution is -2.25. The van der Waals surface area contributed by atoms with Crippen molar-refractivity contribution >= 4 is 23.3 Å². The van der Waals surface area contributed by atoms with Gasteiger partial charge in [0.1, 0.15) is 11.6 Å². The molecule has 3 rings (SSSR count). The zero-order chi connectivity index (χ0) is 14.8. The van der Waals surface area contributed by atoms with Crippen LogP contribution >= 0.6 is 0 Å². The Balaban J connectivity index is 1.82. The molecule has 0 spiro atoms. The summed E-state index contributed by atoms with van der Waals surface area (Å²) in [7, 11) is 0. The lowest BCUT2D eigenvalue weighted by atomic mass is 10.1. The molecule has 21 heavy (non-hydrogen) atoms. The zero-order valence-electron chi connectivity index (χ0n) is 11.4. The zero-order valence-corrected chi connectivity index (χ0v) is 11.4. The molecule has 108 valence electrons. The number of amides is 2. The second-order valence-corrected chi connectivity index (χ2v) is 4.63. The fourth-order valence-corrected chi connectivity index (χ4v) is 2.10. The van der Waals surface area contributed by atoms with Gasteiger partial charge in [-0.1, -0.05) is 6.92 Å². The molecule has 7 heteroatoms. The number of aryl methyl sites for hydroxylation is 1. The second-order valence-electron chi connectivity index (χ2n) is 4.63. The summed E-state index contributed by atoms with van der Waals surface area (Å²) in [5, 5.41) is 12.1. The Labute approximate surface area is 120 Å². The Bertz CT molecular complexity index is 708. The van der Waals surface area contributed by atoms with E-state index in [9.17, 15) is 9.59 Å². The number of H-pyrrole nitrogens is 1. The maximum atomic E-state index is 12.2. The highest BCUT2D eigenvalue weighted by Crippen LogP contribution is 2.28. The predicted molar refractivity (Wildman–Crippen MR) is 76.5 cm³/mol. The van der Waals surface area contributed by atoms with Crippen LogP contribution in [0.15, 0.2) is 24.4 Å². The predicted octanol–water partition coefficient (Wildman–Crippen LogP) is 1.56. The Morgan fingerprint density at radius 1 is 1.48 bits per heavy atom. The summed E-state index contributed by atoms with van der Waals surface area (Å²) < 4.78 is 5.25. The molecule has 0 saturated carbocycles. The third kappa shape index (κ3) is 2.58. The molecule has 0 aliphatic carbocycles. The number of hydrogen-bond acceptors (Lipinski definition) is 4. The summed E-state index contributed by atoms with van der Waals surface area (Å²) >= 11 is 0. The summed E-state index contributed by atoms with van der Waals surface area (Å²) in [6, 6.07) is 4.90. The van der Waals surface area contributed by atoms with E-state index in [1.807, 2.05) is 6.92 Å². The number of carbonyl (C=O) groups is 2. The lowest BCUT2D eigenvalue weighted by molar-refractivity contribution is -0.118. The number of nitrogens with one attached hydrogen (secondary N) is 3. The van der Waals surface area contributed by atoms with Crippen molar-refractivity contribution in [2.75, 3.05) is 17.2 Å². The maximum Gasteiger partial charge on any atom is 0.262 e. The second kappa shape index (κ2) is 5.28. The first kappa shape index (κ1) is 13.2. The monoisotopic (exact) mass is 286 g/mol. The van der Waals surface area contributed by atoms with E-state index in [4.69, 9.17) is 4.74 Å². The van der Waals surface area contributed by atoms with Gasteiger partial charge in [0.05, 0.1) is 11.9 Å². The number of benzene rings is 1. The van der Waals surface area contributed by atoms with E-state index in [0.717, 1.165) is 12.0 Å². The average molecular weight is 286 g/mol. The molecule has 1 aliphatic rings. The standard InChI is InChI=1S/C14H14N4O3/c1-2-8-6-15-18-13(8)17-14(20)9-3-4-11-10(5-9)16-12(19)7-21-11/h3-6H,2,7H2,1H3,(H,16,19)(H2,15,17,18,20). The number of rotatable bonds is 3. The highest BCUT2D eigenvalue weighted by molar-refractivity contribution is 6.06. The van der Waals surface area contributed by atoms with E-state index in [0.29, 0.717) is 22.8 Å². The van der Waals surface area contributed by atoms with Crippen molar-refractivity contribution in [3.63, 3.8) is 0 Å². The van der Waals surface area contributed by atoms with Gasteiger partial charge in [0, 0.05) is 11.1 Å². The molecule has 3 N–H and O–H groups in total. The number of hydrogen-bond donors (Lipinski definition) is 3. The van der Waals surface area contributed by atoms with Gasteiger partial charge in [-0.25, -0.2) is 0 Å². The van der Waals surface area contributed by atoms with Crippen LogP contribution in [0.5, 0.6) is 5.75 Å². The Hall–Kier alpha value is -2.83. The minimum atomic E-state index is -0.281. The molecule has 2 aromatic rings. The third-order valence-electron chi connectivity index (χ3n) is 3.21. The number of aromatic nitrogens is 2. The van der Waals surface area contributed by atoms with Crippen molar-refractivity contribution in [1.82, 2.24) is 10.2 Å². The number of fused-ring (bicyclic) bond motifs is 1. The number of carbonyl (C=O) groups excluding carboxylic acids is 2. The minimum Gasteiger partial charge on any atom is -0.482 e. The van der Waals surface area contributed by atoms with Crippen LogP contribution in [0, 0.1) is 0 Å². The Morgan fingerprint density at radius 3 is 3.14 bits per heavy atom. The van der Waals surface area contributed by atoms with Gasteiger partial charge in [-0.05, 0) is 24.6 Å². The van der Waals surface area contributed by atoms with E-state index in [1.165, 1.54) is 0 Å². The quantitative estimate of drug-likeness (QED) is 0.797. The van der Waals surface area contributed by atoms with Gasteiger partial charge in [0.25, 0.3) is 11.8 Å². The van der Waals surface area contributed by atoms with Gasteiger partial charge in [-0.3, -0.25) is 14.7 Å². The van der Waals surface area contributed by atoms with E-state index in [1.54, 1.807) is 24.4 Å². The van der Waals surface area contributed by atoms with Crippen LogP contribution < -0.4 is 15.4 Å². The van der Waals surface area contributed by atoms with Crippen LogP contribution in [-0.2, 0) is 11.2 Å². The molecule has 2 amide bonds. The first-order valence-corrected chi connectivity index (χ1v) is 6.57. The van der Waals surface area contributed by atoms with Crippen LogP contribution in [0.1, 0.15) is 22.8 Å². The molecule has 7 nitrogen and oxygen atoms in total. The molecule has 0 saturated heterocycles. The van der Waals surface area contributed by atoms with E-state index >= 15 is 0 Å². The lowest BCUT2D eigenvalue weighted by Gasteiger charge is -2.18. The molecule has 0 unspecified atom stereocenters. The van der Waals surface area contributed by atoms with Crippen molar-refractivity contribution < 1.29 is 14.3 Å². The maximum absolute atomic E-state index is 12.2. The van der Waals surface area contributed by atoms with Gasteiger partial charge >= 0.3 is 0 Å². The molecule has 0 fully saturated rings. The SMILES string of the molecule is CCc1cn[nH]c1NC(=O)c1ccc2c(c1)NC(=O)CO2. The minimum absolute atomic E-state index is 0.00739. The highest BCUT2D eigenvalue weighted by Gasteiger charge is 2.18. The van der Waals surface area contributed by atoms with Crippen LogP contribution in [0.2, 0.25) is 0 Å². The summed E-state index contributed by atoms with van der Waals surface area (Å²) in [6.45, 7) is 1.97. The van der Waals surface area contributed by atoms with E-state index in [-0.39, 0.29) is 18.4 Å². The van der Waals surface area contributed by atoms with Crippen molar-refractivity contribution in [3.8, 4) is 5.75 Å². The van der Waals surface area contributed by atoms with Gasteiger partial charge in [0.15, 0.2) is 6.61 Å². The fourth-order valence-electron chi connectivity index (χ4n) is 2.10. The molecule has 1 aromatic heterocycles. The molecule has 2 heterocycles. The molecule has 0 radical (unpaired) electrons. The van der Waals surface area contributed by atoms with Crippen molar-refractivity contribution in [2.45, 2.75) is 13.3 Å². The van der Waals surface area contributed by atoms with Gasteiger partial charge in [0.2, 0.25) is 0 Å². The van der Waals surface area contributed by atoms with Crippen LogP contribution in [0.25, 0.3) is 0 Å². The molecule has 0 atom stereocenters. The number of aromatic amines is 1. The largest absolute Gasteiger partial charge is 0.482 e. The van der Waals surface area contributed by atoms with Crippen molar-refractivity contribution in [1.29, 1.82) is 0 Å². The average Bonchev–Trinajstić information content (AvgIpc) is 2.93. The topological polar surface area (TPSA) is 96.1 Å². The Morgan fingerprint density at radius 2 is 2.33 bits per heavy atom. The van der Waals surface area contributed by atoms with Gasteiger partial charge < -0.3 is 15.4 Å². The first-order chi connectivity index (χ1) is 10.2. The fraction of sp³-hybridized carbons (Fsp3) is 0.214. The first-order valence-electron chi connectivity index (χ1n) is 6.57. The number of nitrogens with zero attached hydrogens (tertiary/aromatic N) is 1. The summed E-state index contributed by atoms with van der Waals surface area (Å²) in [4.78, 5) is 23.5. The molecule has 0 bridgehead atoms. The molecule has 1 aliphatic heterocycles. The number of ether oxygens (including phenoxy) is 1. The van der Waals surface area contributed by atoms with Crippen molar-refractivity contribution in [3.05, 3.63) is 35.5 Å². The van der Waals surface area contributed by atoms with E-state index in [2.05, 4.69) is 20.8 Å². The van der Waals surface area contributed by atoms with Crippen LogP contribution in [0.4, 0.5) is 11.5 Å². The van der Waals surface area contributed by atoms with Crippen molar-refractivity contribution in [2.24, 2.45) is 0 Å². The van der Waals surface area contributed by atoms with Gasteiger partial charge in [-0.2, -0.15) is 5.10 Å². The normalized spacial score (nSPS) is 13.1. The van der Waals surface area contributed by atoms with Crippen LogP contribution in [-0.4, -0.2) is 28.6 Å². The van der Waals surface area contributed by atoms with Crippen LogP contribution in [0.3, 0.4) is 0 Å². The summed E-state index contributed by atoms with van der Waals surface area (Å²) in [5.41, 5.74) is 1.85. The smallest absolute Gasteiger partial charge is 0.262 e. The third-order valence-corrected chi connectivity index (χ3v) is 3.21. The highest BCUT2D eigenvalue weighted by atomic mass is 16.5. The van der Waals surface area contributed by atoms with E-state index < -0.39 is 0 Å². The molecular formula is C14H14N4O3. The van der Waals surface area contributed by atoms with Gasteiger partial charge in [-0.15, -0.1) is 0 Å². The Kier molecular flexibility index (Phi) is 3.31. The summed E-state index contributed by atoms with van der Waals surface area (Å²) in [5.74, 6) is 0.626. The molecular weight excluding hydrogens is 272 g/mol. The summed E-state index contributed by atoms with van der Waals surface area (Å²) in [6.07, 6.45) is 2.44. The number of anilines is 2. The molecule has 1 aromatic carbocycles.